The molecule has 2 bridgehead atoms. The molecule has 0 radical (unpaired) electrons. The fraction of sp³-hybridized carbons (Fsp3) is 0.909. The maximum atomic E-state index is 11.1. The summed E-state index contributed by atoms with van der Waals surface area (Å²) in [6, 6.07) is 0. The maximum absolute atomic E-state index is 11.1. The quantitative estimate of drug-likeness (QED) is 0.650. The van der Waals surface area contributed by atoms with Gasteiger partial charge in [0.2, 0.25) is 5.91 Å². The SMILES string of the molecule is O=C1CC(C2CC3CCC2C3)CN1. The third kappa shape index (κ3) is 1.18. The minimum atomic E-state index is 0.285. The molecule has 0 aromatic rings. The molecule has 2 saturated carbocycles. The molecule has 4 atom stereocenters. The highest BCUT2D eigenvalue weighted by atomic mass is 16.1. The van der Waals surface area contributed by atoms with E-state index in [0.29, 0.717) is 5.92 Å². The molecule has 1 heterocycles. The highest BCUT2D eigenvalue weighted by molar-refractivity contribution is 5.78. The molecule has 3 fully saturated rings. The number of hydrogen-bond donors (Lipinski definition) is 1. The van der Waals surface area contributed by atoms with E-state index in [0.717, 1.165) is 30.7 Å². The number of fused-ring (bicyclic) bond motifs is 2. The third-order valence-corrected chi connectivity index (χ3v) is 4.41. The normalized spacial score (nSPS) is 48.5. The summed E-state index contributed by atoms with van der Waals surface area (Å²) in [5, 5.41) is 2.97. The van der Waals surface area contributed by atoms with E-state index in [1.807, 2.05) is 0 Å². The second kappa shape index (κ2) is 2.73. The molecule has 1 aliphatic heterocycles. The largest absolute Gasteiger partial charge is 0.356 e. The van der Waals surface area contributed by atoms with E-state index in [9.17, 15) is 4.79 Å². The summed E-state index contributed by atoms with van der Waals surface area (Å²) in [5.74, 6) is 3.85. The van der Waals surface area contributed by atoms with Crippen molar-refractivity contribution in [2.75, 3.05) is 6.54 Å². The Kier molecular flexibility index (Phi) is 1.64. The first-order chi connectivity index (χ1) is 6.33. The van der Waals surface area contributed by atoms with Gasteiger partial charge in [-0.15, -0.1) is 0 Å². The van der Waals surface area contributed by atoms with Crippen LogP contribution in [0.2, 0.25) is 0 Å². The molecule has 0 aromatic heterocycles. The van der Waals surface area contributed by atoms with Gasteiger partial charge in [0.15, 0.2) is 0 Å². The summed E-state index contributed by atoms with van der Waals surface area (Å²) in [6.07, 6.45) is 6.61. The van der Waals surface area contributed by atoms with Crippen LogP contribution in [0.15, 0.2) is 0 Å². The molecule has 72 valence electrons. The summed E-state index contributed by atoms with van der Waals surface area (Å²) >= 11 is 0. The second-order valence-electron chi connectivity index (χ2n) is 5.11. The average molecular weight is 179 g/mol. The van der Waals surface area contributed by atoms with Gasteiger partial charge in [0.05, 0.1) is 0 Å². The van der Waals surface area contributed by atoms with E-state index in [-0.39, 0.29) is 5.91 Å². The molecule has 1 saturated heterocycles. The van der Waals surface area contributed by atoms with Gasteiger partial charge in [-0.25, -0.2) is 0 Å². The van der Waals surface area contributed by atoms with Gasteiger partial charge < -0.3 is 5.32 Å². The van der Waals surface area contributed by atoms with Crippen LogP contribution in [0.3, 0.4) is 0 Å². The molecular formula is C11H17NO. The Morgan fingerprint density at radius 3 is 2.62 bits per heavy atom. The predicted molar refractivity (Wildman–Crippen MR) is 50.1 cm³/mol. The lowest BCUT2D eigenvalue weighted by Crippen LogP contribution is -2.22. The summed E-state index contributed by atoms with van der Waals surface area (Å²) in [6.45, 7) is 0.965. The van der Waals surface area contributed by atoms with Crippen molar-refractivity contribution in [3.63, 3.8) is 0 Å². The molecule has 0 aromatic carbocycles. The Morgan fingerprint density at radius 1 is 1.15 bits per heavy atom. The molecule has 2 aliphatic carbocycles. The zero-order chi connectivity index (χ0) is 8.84. The van der Waals surface area contributed by atoms with Crippen molar-refractivity contribution in [3.8, 4) is 0 Å². The third-order valence-electron chi connectivity index (χ3n) is 4.41. The van der Waals surface area contributed by atoms with Crippen LogP contribution in [0, 0.1) is 23.7 Å². The molecule has 1 N–H and O–H groups in total. The monoisotopic (exact) mass is 179 g/mol. The highest BCUT2D eigenvalue weighted by Gasteiger charge is 2.44. The van der Waals surface area contributed by atoms with E-state index in [1.54, 1.807) is 0 Å². The standard InChI is InChI=1S/C11H17NO/c13-11-5-9(6-12-11)10-4-7-1-2-8(10)3-7/h7-10H,1-6H2,(H,12,13). The van der Waals surface area contributed by atoms with Crippen LogP contribution in [-0.4, -0.2) is 12.5 Å². The van der Waals surface area contributed by atoms with Crippen LogP contribution >= 0.6 is 0 Å². The molecule has 1 amide bonds. The lowest BCUT2D eigenvalue weighted by Gasteiger charge is -2.26. The predicted octanol–water partition coefficient (Wildman–Crippen LogP) is 1.56. The topological polar surface area (TPSA) is 29.1 Å². The number of rotatable bonds is 1. The van der Waals surface area contributed by atoms with Gasteiger partial charge in [-0.05, 0) is 42.9 Å². The Morgan fingerprint density at radius 2 is 2.08 bits per heavy atom. The van der Waals surface area contributed by atoms with E-state index >= 15 is 0 Å². The maximum Gasteiger partial charge on any atom is 0.220 e. The minimum Gasteiger partial charge on any atom is -0.356 e. The van der Waals surface area contributed by atoms with Crippen molar-refractivity contribution in [2.24, 2.45) is 23.7 Å². The van der Waals surface area contributed by atoms with Gasteiger partial charge in [0.1, 0.15) is 0 Å². The lowest BCUT2D eigenvalue weighted by molar-refractivity contribution is -0.119. The number of carbonyl (C=O) groups is 1. The molecule has 2 heteroatoms. The van der Waals surface area contributed by atoms with Gasteiger partial charge in [-0.1, -0.05) is 6.42 Å². The molecule has 13 heavy (non-hydrogen) atoms. The first-order valence-electron chi connectivity index (χ1n) is 5.59. The Labute approximate surface area is 79.1 Å². The first kappa shape index (κ1) is 7.84. The fourth-order valence-corrected chi connectivity index (χ4v) is 3.80. The average Bonchev–Trinajstić information content (AvgIpc) is 2.77. The van der Waals surface area contributed by atoms with Gasteiger partial charge in [-0.2, -0.15) is 0 Å². The Balaban J connectivity index is 1.69. The van der Waals surface area contributed by atoms with Crippen molar-refractivity contribution in [1.29, 1.82) is 0 Å². The van der Waals surface area contributed by atoms with Crippen LogP contribution in [-0.2, 0) is 4.79 Å². The van der Waals surface area contributed by atoms with Gasteiger partial charge in [0, 0.05) is 13.0 Å². The molecule has 2 nitrogen and oxygen atoms in total. The van der Waals surface area contributed by atoms with Crippen LogP contribution in [0.1, 0.15) is 32.1 Å². The van der Waals surface area contributed by atoms with E-state index in [4.69, 9.17) is 0 Å². The summed E-state index contributed by atoms with van der Waals surface area (Å²) in [7, 11) is 0. The van der Waals surface area contributed by atoms with Crippen molar-refractivity contribution in [1.82, 2.24) is 5.32 Å². The van der Waals surface area contributed by atoms with Crippen molar-refractivity contribution in [3.05, 3.63) is 0 Å². The van der Waals surface area contributed by atoms with Crippen LogP contribution in [0.4, 0.5) is 0 Å². The molecule has 4 unspecified atom stereocenters. The van der Waals surface area contributed by atoms with Gasteiger partial charge in [-0.3, -0.25) is 4.79 Å². The zero-order valence-corrected chi connectivity index (χ0v) is 7.96. The zero-order valence-electron chi connectivity index (χ0n) is 7.96. The molecule has 0 spiro atoms. The van der Waals surface area contributed by atoms with Crippen LogP contribution < -0.4 is 5.32 Å². The smallest absolute Gasteiger partial charge is 0.220 e. The summed E-state index contributed by atoms with van der Waals surface area (Å²) < 4.78 is 0. The number of hydrogen-bond acceptors (Lipinski definition) is 1. The van der Waals surface area contributed by atoms with Gasteiger partial charge >= 0.3 is 0 Å². The van der Waals surface area contributed by atoms with Crippen LogP contribution in [0.25, 0.3) is 0 Å². The Hall–Kier alpha value is -0.530. The van der Waals surface area contributed by atoms with E-state index in [1.165, 1.54) is 25.7 Å². The number of amides is 1. The molecule has 3 rings (SSSR count). The van der Waals surface area contributed by atoms with Crippen molar-refractivity contribution in [2.45, 2.75) is 32.1 Å². The van der Waals surface area contributed by atoms with E-state index in [2.05, 4.69) is 5.32 Å². The van der Waals surface area contributed by atoms with Crippen molar-refractivity contribution < 1.29 is 4.79 Å². The second-order valence-corrected chi connectivity index (χ2v) is 5.11. The fourth-order valence-electron chi connectivity index (χ4n) is 3.80. The number of carbonyl (C=O) groups excluding carboxylic acids is 1. The number of nitrogens with one attached hydrogen (secondary N) is 1. The first-order valence-corrected chi connectivity index (χ1v) is 5.59. The molecule has 3 aliphatic rings. The Bertz CT molecular complexity index is 238. The van der Waals surface area contributed by atoms with Crippen molar-refractivity contribution >= 4 is 5.91 Å². The summed E-state index contributed by atoms with van der Waals surface area (Å²) in [4.78, 5) is 11.1. The summed E-state index contributed by atoms with van der Waals surface area (Å²) in [5.41, 5.74) is 0. The van der Waals surface area contributed by atoms with E-state index < -0.39 is 0 Å². The minimum absolute atomic E-state index is 0.285. The molecular weight excluding hydrogens is 162 g/mol. The highest BCUT2D eigenvalue weighted by Crippen LogP contribution is 2.51. The van der Waals surface area contributed by atoms with Crippen LogP contribution in [0.5, 0.6) is 0 Å². The van der Waals surface area contributed by atoms with Gasteiger partial charge in [0.25, 0.3) is 0 Å². The lowest BCUT2D eigenvalue weighted by atomic mass is 9.79.